The Morgan fingerprint density at radius 1 is 1.20 bits per heavy atom. The topological polar surface area (TPSA) is 46.5 Å². The first kappa shape index (κ1) is 11.8. The zero-order valence-electron chi connectivity index (χ0n) is 7.28. The average molecular weight is 282 g/mol. The molecule has 0 fully saturated rings. The molecule has 1 aromatic rings. The fraction of sp³-hybridized carbons (Fsp3) is 0.125. The molecule has 1 amide bonds. The SMILES string of the molecule is Cc1c(F)c(F)c(Br)c(C(=O)N=O)c1F. The molecule has 0 radical (unpaired) electrons. The van der Waals surface area contributed by atoms with E-state index in [0.717, 1.165) is 6.92 Å². The van der Waals surface area contributed by atoms with Gasteiger partial charge in [0.15, 0.2) is 11.6 Å². The van der Waals surface area contributed by atoms with Crippen LogP contribution < -0.4 is 0 Å². The number of halogens is 4. The number of carbonyl (C=O) groups excluding carboxylic acids is 1. The van der Waals surface area contributed by atoms with Gasteiger partial charge in [0.2, 0.25) is 0 Å². The van der Waals surface area contributed by atoms with Gasteiger partial charge in [-0.2, -0.15) is 0 Å². The molecule has 0 aliphatic carbocycles. The van der Waals surface area contributed by atoms with Gasteiger partial charge in [0.05, 0.1) is 10.0 Å². The van der Waals surface area contributed by atoms with E-state index in [2.05, 4.69) is 15.9 Å². The molecular weight excluding hydrogens is 279 g/mol. The maximum atomic E-state index is 13.3. The van der Waals surface area contributed by atoms with Crippen molar-refractivity contribution in [3.63, 3.8) is 0 Å². The first-order valence-electron chi connectivity index (χ1n) is 3.62. The minimum Gasteiger partial charge on any atom is -0.263 e. The Kier molecular flexibility index (Phi) is 3.23. The summed E-state index contributed by atoms with van der Waals surface area (Å²) >= 11 is 2.48. The van der Waals surface area contributed by atoms with Crippen LogP contribution in [0.1, 0.15) is 15.9 Å². The van der Waals surface area contributed by atoms with Crippen molar-refractivity contribution in [2.75, 3.05) is 0 Å². The van der Waals surface area contributed by atoms with E-state index in [1.165, 1.54) is 0 Å². The molecule has 0 aliphatic heterocycles. The Labute approximate surface area is 90.4 Å². The first-order chi connectivity index (χ1) is 6.91. The third-order valence-electron chi connectivity index (χ3n) is 1.78. The number of benzene rings is 1. The summed E-state index contributed by atoms with van der Waals surface area (Å²) in [7, 11) is 0. The number of nitrogens with zero attached hydrogens (tertiary/aromatic N) is 1. The summed E-state index contributed by atoms with van der Waals surface area (Å²) in [5.74, 6) is -5.64. The normalized spacial score (nSPS) is 10.2. The van der Waals surface area contributed by atoms with Gasteiger partial charge in [0, 0.05) is 10.7 Å². The van der Waals surface area contributed by atoms with Crippen molar-refractivity contribution in [3.05, 3.63) is 38.0 Å². The number of hydrogen-bond acceptors (Lipinski definition) is 2. The molecule has 0 saturated carbocycles. The molecule has 0 aliphatic rings. The Morgan fingerprint density at radius 3 is 2.20 bits per heavy atom. The van der Waals surface area contributed by atoms with E-state index in [1.807, 2.05) is 5.18 Å². The van der Waals surface area contributed by atoms with Gasteiger partial charge >= 0.3 is 5.91 Å². The molecule has 1 aromatic carbocycles. The molecule has 15 heavy (non-hydrogen) atoms. The maximum absolute atomic E-state index is 13.3. The van der Waals surface area contributed by atoms with Gasteiger partial charge in [0.25, 0.3) is 0 Å². The predicted octanol–water partition coefficient (Wildman–Crippen LogP) is 3.08. The van der Waals surface area contributed by atoms with Crippen LogP contribution in [0.15, 0.2) is 9.65 Å². The molecule has 3 nitrogen and oxygen atoms in total. The van der Waals surface area contributed by atoms with E-state index in [1.54, 1.807) is 0 Å². The zero-order chi connectivity index (χ0) is 11.7. The lowest BCUT2D eigenvalue weighted by atomic mass is 10.1. The van der Waals surface area contributed by atoms with E-state index in [4.69, 9.17) is 0 Å². The highest BCUT2D eigenvalue weighted by molar-refractivity contribution is 9.10. The molecular formula is C8H3BrF3NO2. The van der Waals surface area contributed by atoms with Crippen LogP contribution in [0.25, 0.3) is 0 Å². The van der Waals surface area contributed by atoms with Crippen LogP contribution in [0, 0.1) is 29.3 Å². The number of amides is 1. The van der Waals surface area contributed by atoms with Crippen molar-refractivity contribution in [2.24, 2.45) is 5.18 Å². The van der Waals surface area contributed by atoms with Gasteiger partial charge in [0.1, 0.15) is 5.82 Å². The highest BCUT2D eigenvalue weighted by Gasteiger charge is 2.26. The molecule has 0 N–H and O–H groups in total. The van der Waals surface area contributed by atoms with Crippen molar-refractivity contribution in [3.8, 4) is 0 Å². The molecule has 1 rings (SSSR count). The standard InChI is InChI=1S/C8H3BrF3NO2/c1-2-5(10)3(8(14)13-15)4(9)7(12)6(2)11/h1H3. The first-order valence-corrected chi connectivity index (χ1v) is 4.41. The summed E-state index contributed by atoms with van der Waals surface area (Å²) in [4.78, 5) is 20.7. The summed E-state index contributed by atoms with van der Waals surface area (Å²) in [6.45, 7) is 0.946. The molecule has 0 saturated heterocycles. The third-order valence-corrected chi connectivity index (χ3v) is 2.52. The minimum absolute atomic E-state index is 0.678. The van der Waals surface area contributed by atoms with Crippen molar-refractivity contribution in [1.29, 1.82) is 0 Å². The second-order valence-corrected chi connectivity index (χ2v) is 3.45. The smallest absolute Gasteiger partial charge is 0.263 e. The van der Waals surface area contributed by atoms with E-state index in [9.17, 15) is 22.9 Å². The van der Waals surface area contributed by atoms with Crippen LogP contribution in [0.5, 0.6) is 0 Å². The van der Waals surface area contributed by atoms with E-state index in [-0.39, 0.29) is 0 Å². The molecule has 0 atom stereocenters. The Hall–Kier alpha value is -1.24. The summed E-state index contributed by atoms with van der Waals surface area (Å²) in [6.07, 6.45) is 0. The highest BCUT2D eigenvalue weighted by atomic mass is 79.9. The van der Waals surface area contributed by atoms with Gasteiger partial charge in [-0.25, -0.2) is 13.2 Å². The van der Waals surface area contributed by atoms with Crippen LogP contribution in [0.4, 0.5) is 13.2 Å². The lowest BCUT2D eigenvalue weighted by molar-refractivity contribution is 0.0995. The van der Waals surface area contributed by atoms with Crippen LogP contribution in [-0.4, -0.2) is 5.91 Å². The fourth-order valence-electron chi connectivity index (χ4n) is 0.984. The molecule has 0 bridgehead atoms. The van der Waals surface area contributed by atoms with Crippen LogP contribution in [0.2, 0.25) is 0 Å². The Balaban J connectivity index is 3.67. The molecule has 0 heterocycles. The van der Waals surface area contributed by atoms with Crippen LogP contribution in [-0.2, 0) is 0 Å². The van der Waals surface area contributed by atoms with Crippen molar-refractivity contribution >= 4 is 21.8 Å². The molecule has 0 unspecified atom stereocenters. The van der Waals surface area contributed by atoms with Crippen molar-refractivity contribution in [2.45, 2.75) is 6.92 Å². The van der Waals surface area contributed by atoms with Crippen molar-refractivity contribution in [1.82, 2.24) is 0 Å². The second-order valence-electron chi connectivity index (χ2n) is 2.65. The largest absolute Gasteiger partial charge is 0.321 e. The number of carbonyl (C=O) groups is 1. The van der Waals surface area contributed by atoms with Gasteiger partial charge in [-0.1, -0.05) is 0 Å². The van der Waals surface area contributed by atoms with E-state index < -0.39 is 39.0 Å². The zero-order valence-corrected chi connectivity index (χ0v) is 8.86. The molecule has 80 valence electrons. The summed E-state index contributed by atoms with van der Waals surface area (Å²) < 4.78 is 38.5. The number of rotatable bonds is 1. The predicted molar refractivity (Wildman–Crippen MR) is 48.9 cm³/mol. The molecule has 7 heteroatoms. The lowest BCUT2D eigenvalue weighted by Crippen LogP contribution is -2.07. The summed E-state index contributed by atoms with van der Waals surface area (Å²) in [5.41, 5.74) is -1.58. The van der Waals surface area contributed by atoms with Crippen LogP contribution in [0.3, 0.4) is 0 Å². The summed E-state index contributed by atoms with van der Waals surface area (Å²) in [6, 6.07) is 0. The lowest BCUT2D eigenvalue weighted by Gasteiger charge is -2.06. The Morgan fingerprint density at radius 2 is 1.73 bits per heavy atom. The van der Waals surface area contributed by atoms with Gasteiger partial charge < -0.3 is 0 Å². The average Bonchev–Trinajstić information content (AvgIpc) is 2.23. The van der Waals surface area contributed by atoms with E-state index in [0.29, 0.717) is 0 Å². The molecule has 0 aromatic heterocycles. The minimum atomic E-state index is -1.50. The Bertz CT molecular complexity index is 433. The van der Waals surface area contributed by atoms with Gasteiger partial charge in [-0.15, -0.1) is 4.91 Å². The third kappa shape index (κ3) is 1.79. The van der Waals surface area contributed by atoms with Gasteiger partial charge in [-0.3, -0.25) is 4.79 Å². The molecule has 0 spiro atoms. The fourth-order valence-corrected chi connectivity index (χ4v) is 1.50. The quantitative estimate of drug-likeness (QED) is 0.451. The van der Waals surface area contributed by atoms with Crippen molar-refractivity contribution < 1.29 is 18.0 Å². The van der Waals surface area contributed by atoms with Crippen LogP contribution >= 0.6 is 15.9 Å². The van der Waals surface area contributed by atoms with E-state index >= 15 is 0 Å². The number of hydrogen-bond donors (Lipinski definition) is 0. The highest BCUT2D eigenvalue weighted by Crippen LogP contribution is 2.29. The monoisotopic (exact) mass is 281 g/mol. The summed E-state index contributed by atoms with van der Waals surface area (Å²) in [5, 5.41) is 1.94. The number of nitroso groups, excluding NO2 is 1. The maximum Gasteiger partial charge on any atom is 0.321 e. The van der Waals surface area contributed by atoms with Gasteiger partial charge in [-0.05, 0) is 22.9 Å². The second kappa shape index (κ2) is 4.09.